The van der Waals surface area contributed by atoms with Crippen molar-refractivity contribution in [1.82, 2.24) is 0 Å². The van der Waals surface area contributed by atoms with E-state index in [2.05, 4.69) is 0 Å². The summed E-state index contributed by atoms with van der Waals surface area (Å²) in [5.41, 5.74) is 2.88. The Morgan fingerprint density at radius 1 is 0.794 bits per heavy atom. The molecule has 6 nitrogen and oxygen atoms in total. The molecular formula is C27H27FN2O4. The topological polar surface area (TPSA) is 52.5 Å². The monoisotopic (exact) mass is 462 g/mol. The third-order valence-electron chi connectivity index (χ3n) is 5.71. The number of methoxy groups -OCH3 is 4. The van der Waals surface area contributed by atoms with Crippen molar-refractivity contribution in [2.45, 2.75) is 12.5 Å². The van der Waals surface area contributed by atoms with E-state index in [1.54, 1.807) is 51.6 Å². The fraction of sp³-hybridized carbons (Fsp3) is 0.222. The summed E-state index contributed by atoms with van der Waals surface area (Å²) in [7, 11) is 6.40. The average molecular weight is 463 g/mol. The minimum absolute atomic E-state index is 0.284. The normalized spacial score (nSPS) is 15.4. The van der Waals surface area contributed by atoms with Gasteiger partial charge in [-0.25, -0.2) is 4.39 Å². The van der Waals surface area contributed by atoms with Crippen LogP contribution in [0.1, 0.15) is 23.6 Å². The van der Waals surface area contributed by atoms with Gasteiger partial charge in [-0.15, -0.1) is 0 Å². The van der Waals surface area contributed by atoms with Crippen LogP contribution in [0.4, 0.5) is 10.1 Å². The van der Waals surface area contributed by atoms with Crippen LogP contribution in [0.15, 0.2) is 71.8 Å². The second kappa shape index (κ2) is 10.3. The number of benzene rings is 3. The first-order valence-corrected chi connectivity index (χ1v) is 10.8. The molecule has 0 saturated carbocycles. The lowest BCUT2D eigenvalue weighted by molar-refractivity contribution is 0.349. The number of allylic oxidation sites excluding steroid dienone is 1. The van der Waals surface area contributed by atoms with E-state index in [-0.39, 0.29) is 11.9 Å². The number of ether oxygens (including phenoxy) is 4. The van der Waals surface area contributed by atoms with Crippen LogP contribution in [0, 0.1) is 5.82 Å². The zero-order valence-electron chi connectivity index (χ0n) is 19.6. The van der Waals surface area contributed by atoms with E-state index in [4.69, 9.17) is 24.0 Å². The Bertz CT molecular complexity index is 1230. The van der Waals surface area contributed by atoms with Crippen LogP contribution >= 0.6 is 0 Å². The summed E-state index contributed by atoms with van der Waals surface area (Å²) in [4.78, 5) is 0. The lowest BCUT2D eigenvalue weighted by Gasteiger charge is -2.26. The van der Waals surface area contributed by atoms with Crippen LogP contribution < -0.4 is 24.0 Å². The lowest BCUT2D eigenvalue weighted by Crippen LogP contribution is -2.20. The van der Waals surface area contributed by atoms with E-state index in [0.29, 0.717) is 35.1 Å². The van der Waals surface area contributed by atoms with Gasteiger partial charge in [-0.2, -0.15) is 5.10 Å². The van der Waals surface area contributed by atoms with Crippen LogP contribution in [-0.4, -0.2) is 34.2 Å². The summed E-state index contributed by atoms with van der Waals surface area (Å²) < 4.78 is 36.9. The molecule has 0 N–H and O–H groups in total. The van der Waals surface area contributed by atoms with Crippen molar-refractivity contribution in [2.75, 3.05) is 33.4 Å². The SMILES string of the molecule is COc1cccc(/C=C/C2=NN(c3ccccc3F)C(c3cccc(OC)c3OC)C2)c1OC. The zero-order valence-corrected chi connectivity index (χ0v) is 19.6. The van der Waals surface area contributed by atoms with Gasteiger partial charge in [0, 0.05) is 17.5 Å². The number of anilines is 1. The van der Waals surface area contributed by atoms with E-state index in [1.165, 1.54) is 6.07 Å². The molecule has 176 valence electrons. The van der Waals surface area contributed by atoms with Gasteiger partial charge in [0.1, 0.15) is 5.82 Å². The number of hydrogen-bond donors (Lipinski definition) is 0. The van der Waals surface area contributed by atoms with Crippen molar-refractivity contribution in [2.24, 2.45) is 5.10 Å². The van der Waals surface area contributed by atoms with Crippen molar-refractivity contribution in [3.8, 4) is 23.0 Å². The van der Waals surface area contributed by atoms with Gasteiger partial charge in [0.15, 0.2) is 23.0 Å². The third-order valence-corrected chi connectivity index (χ3v) is 5.71. The molecule has 0 amide bonds. The average Bonchev–Trinajstić information content (AvgIpc) is 3.30. The number of halogens is 1. The molecule has 1 unspecified atom stereocenters. The van der Waals surface area contributed by atoms with Gasteiger partial charge in [-0.05, 0) is 36.4 Å². The number of hydrogen-bond acceptors (Lipinski definition) is 6. The van der Waals surface area contributed by atoms with Crippen molar-refractivity contribution < 1.29 is 23.3 Å². The first kappa shape index (κ1) is 23.2. The maximum Gasteiger partial charge on any atom is 0.167 e. The molecule has 1 aliphatic rings. The second-order valence-electron chi connectivity index (χ2n) is 7.61. The molecule has 4 rings (SSSR count). The Morgan fingerprint density at radius 2 is 1.47 bits per heavy atom. The summed E-state index contributed by atoms with van der Waals surface area (Å²) in [6.45, 7) is 0. The highest BCUT2D eigenvalue weighted by Gasteiger charge is 2.32. The summed E-state index contributed by atoms with van der Waals surface area (Å²) in [6, 6.07) is 17.7. The van der Waals surface area contributed by atoms with E-state index in [1.807, 2.05) is 48.6 Å². The van der Waals surface area contributed by atoms with Gasteiger partial charge in [-0.3, -0.25) is 5.01 Å². The molecule has 0 aromatic heterocycles. The fourth-order valence-electron chi connectivity index (χ4n) is 4.14. The number of hydrazone groups is 1. The molecule has 7 heteroatoms. The molecule has 3 aromatic rings. The molecule has 34 heavy (non-hydrogen) atoms. The standard InChI is InChI=1S/C27H27FN2O4/c1-31-24-13-7-9-18(26(24)33-3)15-16-19-17-23(20-10-8-14-25(32-2)27(20)34-4)30(29-19)22-12-6-5-11-21(22)28/h5-16,23H,17H2,1-4H3/b16-15+. The van der Waals surface area contributed by atoms with E-state index in [9.17, 15) is 4.39 Å². The van der Waals surface area contributed by atoms with Crippen molar-refractivity contribution in [3.05, 3.63) is 83.7 Å². The highest BCUT2D eigenvalue weighted by atomic mass is 19.1. The molecule has 0 spiro atoms. The zero-order chi connectivity index (χ0) is 24.1. The maximum absolute atomic E-state index is 14.8. The van der Waals surface area contributed by atoms with E-state index in [0.717, 1.165) is 16.8 Å². The Morgan fingerprint density at radius 3 is 2.15 bits per heavy atom. The van der Waals surface area contributed by atoms with Crippen LogP contribution in [0.2, 0.25) is 0 Å². The van der Waals surface area contributed by atoms with Crippen molar-refractivity contribution in [3.63, 3.8) is 0 Å². The quantitative estimate of drug-likeness (QED) is 0.418. The maximum atomic E-state index is 14.8. The molecule has 0 fully saturated rings. The highest BCUT2D eigenvalue weighted by molar-refractivity contribution is 6.01. The van der Waals surface area contributed by atoms with Crippen LogP contribution in [-0.2, 0) is 0 Å². The van der Waals surface area contributed by atoms with Gasteiger partial charge < -0.3 is 18.9 Å². The second-order valence-corrected chi connectivity index (χ2v) is 7.61. The van der Waals surface area contributed by atoms with Gasteiger partial charge >= 0.3 is 0 Å². The number of para-hydroxylation sites is 3. The molecule has 0 saturated heterocycles. The van der Waals surface area contributed by atoms with Crippen molar-refractivity contribution in [1.29, 1.82) is 0 Å². The molecule has 0 bridgehead atoms. The van der Waals surface area contributed by atoms with Crippen LogP contribution in [0.5, 0.6) is 23.0 Å². The Balaban J connectivity index is 1.75. The number of nitrogens with zero attached hydrogens (tertiary/aromatic N) is 2. The summed E-state index contributed by atoms with van der Waals surface area (Å²) >= 11 is 0. The van der Waals surface area contributed by atoms with Gasteiger partial charge in [-0.1, -0.05) is 36.4 Å². The summed E-state index contributed by atoms with van der Waals surface area (Å²) in [6.07, 6.45) is 4.38. The largest absolute Gasteiger partial charge is 0.493 e. The third kappa shape index (κ3) is 4.41. The van der Waals surface area contributed by atoms with E-state index >= 15 is 0 Å². The first-order valence-electron chi connectivity index (χ1n) is 10.8. The Kier molecular flexibility index (Phi) is 7.01. The predicted octanol–water partition coefficient (Wildman–Crippen LogP) is 5.88. The molecule has 1 atom stereocenters. The first-order chi connectivity index (χ1) is 16.6. The van der Waals surface area contributed by atoms with Crippen molar-refractivity contribution >= 4 is 17.5 Å². The predicted molar refractivity (Wildman–Crippen MR) is 132 cm³/mol. The van der Waals surface area contributed by atoms with Crippen LogP contribution in [0.25, 0.3) is 6.08 Å². The van der Waals surface area contributed by atoms with Gasteiger partial charge in [0.2, 0.25) is 0 Å². The Labute approximate surface area is 198 Å². The number of rotatable bonds is 8. The van der Waals surface area contributed by atoms with Crippen LogP contribution in [0.3, 0.4) is 0 Å². The Hall–Kier alpha value is -4.00. The van der Waals surface area contributed by atoms with E-state index < -0.39 is 0 Å². The molecule has 1 heterocycles. The molecule has 0 aliphatic carbocycles. The molecule has 1 aliphatic heterocycles. The van der Waals surface area contributed by atoms with Gasteiger partial charge in [0.25, 0.3) is 0 Å². The smallest absolute Gasteiger partial charge is 0.167 e. The lowest BCUT2D eigenvalue weighted by atomic mass is 9.99. The minimum Gasteiger partial charge on any atom is -0.493 e. The molecule has 3 aromatic carbocycles. The summed E-state index contributed by atoms with van der Waals surface area (Å²) in [5.74, 6) is 2.14. The molecular weight excluding hydrogens is 435 g/mol. The highest BCUT2D eigenvalue weighted by Crippen LogP contribution is 2.43. The fourth-order valence-corrected chi connectivity index (χ4v) is 4.14. The minimum atomic E-state index is -0.349. The molecule has 0 radical (unpaired) electrons. The summed E-state index contributed by atoms with van der Waals surface area (Å²) in [5, 5.41) is 6.48. The van der Waals surface area contributed by atoms with Gasteiger partial charge in [0.05, 0.1) is 45.9 Å².